The summed E-state index contributed by atoms with van der Waals surface area (Å²) in [6, 6.07) is 12.4. The first-order chi connectivity index (χ1) is 28.6. The third kappa shape index (κ3) is 12.8. The number of piperazine rings is 1. The number of carboxylic acids is 1. The molecule has 3 aromatic rings. The smallest absolute Gasteiger partial charge is 0.304 e. The van der Waals surface area contributed by atoms with Crippen LogP contribution < -0.4 is 20.3 Å². The number of nitrogens with zero attached hydrogens (tertiary/aromatic N) is 9. The van der Waals surface area contributed by atoms with Gasteiger partial charge < -0.3 is 35.2 Å². The number of likely N-dealkylation sites (tertiary alicyclic amines) is 1. The van der Waals surface area contributed by atoms with Crippen LogP contribution in [0, 0.1) is 19.8 Å². The molecule has 16 nitrogen and oxygen atoms in total. The molecule has 0 spiro atoms. The lowest BCUT2D eigenvalue weighted by atomic mass is 9.93. The average molecular weight is 812 g/mol. The standard InChI is InChI=1S/C43H61N11O5/c1-31-23-32(2)54(49-31)38-25-35(36(26-42(57)58)29-51-18-14-33(28-51)30-59-40-13-12-34-9-8-16-46-43(34)48-40)24-37(27-38)52-19-21-53(22-20-52)41(56)11-7-10-39(55)45-15-5-3-4-6-17-47-50-44/h12-13,23-25,27,33,36H,3-11,14-22,26,28-30H2,1-2H3,(H,45,55)(H,46,48)(H,57,58)/t33-,36-/m1/s1. The molecule has 3 aliphatic rings. The van der Waals surface area contributed by atoms with Gasteiger partial charge in [0.15, 0.2) is 0 Å². The zero-order valence-electron chi connectivity index (χ0n) is 34.8. The summed E-state index contributed by atoms with van der Waals surface area (Å²) in [5, 5.41) is 24.8. The summed E-state index contributed by atoms with van der Waals surface area (Å²) in [6.45, 7) is 11.3. The third-order valence-corrected chi connectivity index (χ3v) is 11.6. The van der Waals surface area contributed by atoms with E-state index in [1.165, 1.54) is 5.56 Å². The molecule has 5 heterocycles. The number of carboxylic acid groups (broad SMARTS) is 1. The zero-order chi connectivity index (χ0) is 41.6. The minimum atomic E-state index is -0.834. The maximum absolute atomic E-state index is 13.2. The zero-order valence-corrected chi connectivity index (χ0v) is 34.8. The monoisotopic (exact) mass is 811 g/mol. The number of rotatable bonds is 21. The minimum Gasteiger partial charge on any atom is -0.481 e. The van der Waals surface area contributed by atoms with Crippen molar-refractivity contribution in [2.24, 2.45) is 11.0 Å². The molecule has 59 heavy (non-hydrogen) atoms. The second kappa shape index (κ2) is 21.6. The SMILES string of the molecule is Cc1cc(C)n(-c2cc([C@H](CC(=O)O)CN3CC[C@@H](COc4ccc5c(n4)NCCC5)C3)cc(N3CCN(C(=O)CCCC(=O)NCCCCCCN=[N+]=[N-])CC3)c2)n1. The van der Waals surface area contributed by atoms with Gasteiger partial charge in [-0.05, 0) is 106 Å². The van der Waals surface area contributed by atoms with Gasteiger partial charge in [-0.1, -0.05) is 18.0 Å². The van der Waals surface area contributed by atoms with Crippen LogP contribution in [0.4, 0.5) is 11.5 Å². The van der Waals surface area contributed by atoms with Crippen molar-refractivity contribution >= 4 is 29.3 Å². The van der Waals surface area contributed by atoms with E-state index in [-0.39, 0.29) is 24.2 Å². The van der Waals surface area contributed by atoms with Crippen LogP contribution in [0.5, 0.6) is 5.88 Å². The second-order valence-electron chi connectivity index (χ2n) is 16.3. The second-order valence-corrected chi connectivity index (χ2v) is 16.3. The maximum Gasteiger partial charge on any atom is 0.304 e. The Balaban J connectivity index is 1.04. The Kier molecular flexibility index (Phi) is 15.8. The molecule has 3 aliphatic heterocycles. The van der Waals surface area contributed by atoms with Gasteiger partial charge in [0.05, 0.1) is 24.4 Å². The van der Waals surface area contributed by atoms with E-state index in [2.05, 4.69) is 59.7 Å². The van der Waals surface area contributed by atoms with Gasteiger partial charge in [0, 0.05) is 106 Å². The Morgan fingerprint density at radius 1 is 1.02 bits per heavy atom. The van der Waals surface area contributed by atoms with E-state index < -0.39 is 5.97 Å². The number of unbranched alkanes of at least 4 members (excludes halogenated alkanes) is 3. The Morgan fingerprint density at radius 3 is 2.61 bits per heavy atom. The number of anilines is 2. The molecule has 6 rings (SSSR count). The molecule has 0 unspecified atom stereocenters. The third-order valence-electron chi connectivity index (χ3n) is 11.6. The number of nitrogens with one attached hydrogen (secondary N) is 2. The normalized spacial score (nSPS) is 17.2. The number of aryl methyl sites for hydroxylation is 3. The van der Waals surface area contributed by atoms with Gasteiger partial charge in [0.1, 0.15) is 5.82 Å². The molecule has 3 N–H and O–H groups in total. The van der Waals surface area contributed by atoms with E-state index in [1.54, 1.807) is 0 Å². The highest BCUT2D eigenvalue weighted by Crippen LogP contribution is 2.32. The molecule has 2 aromatic heterocycles. The van der Waals surface area contributed by atoms with Crippen LogP contribution in [-0.2, 0) is 20.8 Å². The van der Waals surface area contributed by atoms with Crippen LogP contribution in [0.15, 0.2) is 41.5 Å². The molecule has 318 valence electrons. The van der Waals surface area contributed by atoms with Crippen molar-refractivity contribution < 1.29 is 24.2 Å². The van der Waals surface area contributed by atoms with Crippen molar-refractivity contribution in [1.82, 2.24) is 29.9 Å². The van der Waals surface area contributed by atoms with E-state index in [0.29, 0.717) is 83.5 Å². The molecule has 0 saturated carbocycles. The van der Waals surface area contributed by atoms with Crippen LogP contribution in [0.3, 0.4) is 0 Å². The number of pyridine rings is 1. The molecular weight excluding hydrogens is 751 g/mol. The fourth-order valence-electron chi connectivity index (χ4n) is 8.46. The van der Waals surface area contributed by atoms with Crippen LogP contribution in [-0.4, -0.2) is 120 Å². The summed E-state index contributed by atoms with van der Waals surface area (Å²) in [7, 11) is 0. The van der Waals surface area contributed by atoms with Crippen molar-refractivity contribution in [3.05, 3.63) is 69.4 Å². The molecule has 2 amide bonds. The number of hydrogen-bond donors (Lipinski definition) is 3. The van der Waals surface area contributed by atoms with E-state index >= 15 is 0 Å². The van der Waals surface area contributed by atoms with Crippen molar-refractivity contribution in [1.29, 1.82) is 0 Å². The van der Waals surface area contributed by atoms with Gasteiger partial charge in [0.2, 0.25) is 17.7 Å². The van der Waals surface area contributed by atoms with Gasteiger partial charge >= 0.3 is 5.97 Å². The number of hydrogen-bond acceptors (Lipinski definition) is 10. The Hall–Kier alpha value is -5.34. The largest absolute Gasteiger partial charge is 0.481 e. The lowest BCUT2D eigenvalue weighted by Crippen LogP contribution is -2.48. The maximum atomic E-state index is 13.2. The van der Waals surface area contributed by atoms with E-state index in [9.17, 15) is 19.5 Å². The first-order valence-corrected chi connectivity index (χ1v) is 21.4. The molecule has 2 fully saturated rings. The number of azide groups is 1. The van der Waals surface area contributed by atoms with Gasteiger partial charge in [-0.3, -0.25) is 14.4 Å². The predicted octanol–water partition coefficient (Wildman–Crippen LogP) is 6.01. The number of aromatic nitrogens is 3. The molecule has 1 aromatic carbocycles. The number of carbonyl (C=O) groups excluding carboxylic acids is 2. The lowest BCUT2D eigenvalue weighted by Gasteiger charge is -2.37. The average Bonchev–Trinajstić information content (AvgIpc) is 3.84. The van der Waals surface area contributed by atoms with Crippen LogP contribution in [0.1, 0.15) is 92.6 Å². The number of ether oxygens (including phenoxy) is 1. The topological polar surface area (TPSA) is 194 Å². The molecule has 2 atom stereocenters. The first-order valence-electron chi connectivity index (χ1n) is 21.4. The fraction of sp³-hybridized carbons (Fsp3) is 0.605. The van der Waals surface area contributed by atoms with Crippen molar-refractivity contribution in [3.63, 3.8) is 0 Å². The summed E-state index contributed by atoms with van der Waals surface area (Å²) in [5.74, 6) is 0.824. The van der Waals surface area contributed by atoms with Crippen LogP contribution >= 0.6 is 0 Å². The highest BCUT2D eigenvalue weighted by molar-refractivity contribution is 5.79. The van der Waals surface area contributed by atoms with Gasteiger partial charge in [-0.2, -0.15) is 10.1 Å². The van der Waals surface area contributed by atoms with E-state index in [1.807, 2.05) is 35.6 Å². The number of benzene rings is 1. The number of fused-ring (bicyclic) bond motifs is 1. The number of amides is 2. The first kappa shape index (κ1) is 43.2. The molecule has 16 heteroatoms. The number of carbonyl (C=O) groups is 3. The molecule has 0 radical (unpaired) electrons. The number of aliphatic carboxylic acids is 1. The molecular formula is C43H61N11O5. The summed E-state index contributed by atoms with van der Waals surface area (Å²) in [5.41, 5.74) is 14.3. The Labute approximate surface area is 347 Å². The van der Waals surface area contributed by atoms with Gasteiger partial charge in [0.25, 0.3) is 0 Å². The Morgan fingerprint density at radius 2 is 1.83 bits per heavy atom. The minimum absolute atomic E-state index is 0.00413. The van der Waals surface area contributed by atoms with Crippen molar-refractivity contribution in [2.75, 3.05) is 82.3 Å². The van der Waals surface area contributed by atoms with Crippen molar-refractivity contribution in [3.8, 4) is 11.6 Å². The quantitative estimate of drug-likeness (QED) is 0.0497. The van der Waals surface area contributed by atoms with E-state index in [0.717, 1.165) is 98.7 Å². The lowest BCUT2D eigenvalue weighted by molar-refractivity contribution is -0.137. The summed E-state index contributed by atoms with van der Waals surface area (Å²) in [6.07, 6.45) is 7.92. The summed E-state index contributed by atoms with van der Waals surface area (Å²) < 4.78 is 8.09. The summed E-state index contributed by atoms with van der Waals surface area (Å²) in [4.78, 5) is 51.8. The highest BCUT2D eigenvalue weighted by atomic mass is 16.5. The predicted molar refractivity (Wildman–Crippen MR) is 227 cm³/mol. The highest BCUT2D eigenvalue weighted by Gasteiger charge is 2.29. The fourth-order valence-corrected chi connectivity index (χ4v) is 8.46. The van der Waals surface area contributed by atoms with Gasteiger partial charge in [-0.15, -0.1) is 0 Å². The van der Waals surface area contributed by atoms with Crippen molar-refractivity contribution in [2.45, 2.75) is 90.4 Å². The van der Waals surface area contributed by atoms with Crippen LogP contribution in [0.25, 0.3) is 16.1 Å². The molecule has 2 saturated heterocycles. The van der Waals surface area contributed by atoms with E-state index in [4.69, 9.17) is 15.4 Å². The van der Waals surface area contributed by atoms with Gasteiger partial charge in [-0.25, -0.2) is 4.68 Å². The summed E-state index contributed by atoms with van der Waals surface area (Å²) >= 11 is 0. The molecule has 0 bridgehead atoms. The molecule has 0 aliphatic carbocycles. The Bertz CT molecular complexity index is 1940. The van der Waals surface area contributed by atoms with Crippen LogP contribution in [0.2, 0.25) is 0 Å².